The molecule has 3 nitrogen and oxygen atoms in total. The fraction of sp³-hybridized carbons (Fsp3) is 0.533. The van der Waals surface area contributed by atoms with Crippen LogP contribution >= 0.6 is 0 Å². The molecule has 3 rings (SSSR count). The molecule has 0 unspecified atom stereocenters. The van der Waals surface area contributed by atoms with Crippen molar-refractivity contribution < 1.29 is 4.79 Å². The van der Waals surface area contributed by atoms with Gasteiger partial charge in [-0.15, -0.1) is 0 Å². The zero-order valence-electron chi connectivity index (χ0n) is 10.7. The number of para-hydroxylation sites is 1. The maximum absolute atomic E-state index is 12.7. The van der Waals surface area contributed by atoms with Crippen molar-refractivity contribution in [1.29, 1.82) is 0 Å². The van der Waals surface area contributed by atoms with E-state index in [1.807, 2.05) is 23.1 Å². The van der Waals surface area contributed by atoms with Crippen LogP contribution in [-0.2, 0) is 11.2 Å². The zero-order chi connectivity index (χ0) is 12.6. The van der Waals surface area contributed by atoms with E-state index in [1.165, 1.54) is 12.0 Å². The number of benzene rings is 1. The van der Waals surface area contributed by atoms with Gasteiger partial charge in [-0.25, -0.2) is 0 Å². The predicted molar refractivity (Wildman–Crippen MR) is 72.5 cm³/mol. The number of hydrogen-bond acceptors (Lipinski definition) is 2. The van der Waals surface area contributed by atoms with Crippen molar-refractivity contribution in [2.24, 2.45) is 5.73 Å². The van der Waals surface area contributed by atoms with Gasteiger partial charge in [-0.05, 0) is 30.9 Å². The van der Waals surface area contributed by atoms with Gasteiger partial charge < -0.3 is 10.6 Å². The average Bonchev–Trinajstić information content (AvgIpc) is 2.82. The highest BCUT2D eigenvalue weighted by Crippen LogP contribution is 2.33. The first kappa shape index (κ1) is 11.7. The summed E-state index contributed by atoms with van der Waals surface area (Å²) in [6, 6.07) is 8.17. The van der Waals surface area contributed by atoms with E-state index in [0.29, 0.717) is 0 Å². The van der Waals surface area contributed by atoms with E-state index in [2.05, 4.69) is 6.07 Å². The Morgan fingerprint density at radius 1 is 1.17 bits per heavy atom. The fourth-order valence-corrected chi connectivity index (χ4v) is 3.21. The van der Waals surface area contributed by atoms with Crippen LogP contribution < -0.4 is 10.6 Å². The molecule has 1 heterocycles. The highest BCUT2D eigenvalue weighted by atomic mass is 16.2. The molecule has 0 saturated heterocycles. The number of amides is 1. The summed E-state index contributed by atoms with van der Waals surface area (Å²) in [6.07, 6.45) is 6.01. The molecule has 18 heavy (non-hydrogen) atoms. The lowest BCUT2D eigenvalue weighted by Crippen LogP contribution is -2.56. The second-order valence-electron chi connectivity index (χ2n) is 5.55. The van der Waals surface area contributed by atoms with Gasteiger partial charge in [0.25, 0.3) is 0 Å². The Balaban J connectivity index is 1.86. The Morgan fingerprint density at radius 3 is 2.67 bits per heavy atom. The lowest BCUT2D eigenvalue weighted by atomic mass is 9.81. The summed E-state index contributed by atoms with van der Waals surface area (Å²) in [4.78, 5) is 14.6. The summed E-state index contributed by atoms with van der Waals surface area (Å²) in [5, 5.41) is 0. The third-order valence-corrected chi connectivity index (χ3v) is 4.30. The van der Waals surface area contributed by atoms with Gasteiger partial charge in [-0.3, -0.25) is 4.79 Å². The van der Waals surface area contributed by atoms with Crippen molar-refractivity contribution in [3.8, 4) is 0 Å². The molecule has 0 atom stereocenters. The third kappa shape index (κ3) is 1.83. The van der Waals surface area contributed by atoms with Crippen molar-refractivity contribution in [3.63, 3.8) is 0 Å². The van der Waals surface area contributed by atoms with Crippen molar-refractivity contribution in [2.75, 3.05) is 11.4 Å². The van der Waals surface area contributed by atoms with Crippen LogP contribution in [0.3, 0.4) is 0 Å². The van der Waals surface area contributed by atoms with E-state index in [1.54, 1.807) is 0 Å². The molecule has 1 aliphatic carbocycles. The average molecular weight is 244 g/mol. The monoisotopic (exact) mass is 244 g/mol. The number of hydrogen-bond donors (Lipinski definition) is 1. The summed E-state index contributed by atoms with van der Waals surface area (Å²) in [7, 11) is 0. The van der Waals surface area contributed by atoms with Crippen LogP contribution in [0.2, 0.25) is 0 Å². The van der Waals surface area contributed by atoms with Gasteiger partial charge in [0, 0.05) is 12.2 Å². The SMILES string of the molecule is NC1(C(=O)N2CCc3ccccc32)CCCCC1. The van der Waals surface area contributed by atoms with Gasteiger partial charge in [-0.2, -0.15) is 0 Å². The lowest BCUT2D eigenvalue weighted by molar-refractivity contribution is -0.124. The molecule has 1 fully saturated rings. The number of rotatable bonds is 1. The van der Waals surface area contributed by atoms with Gasteiger partial charge in [0.15, 0.2) is 0 Å². The van der Waals surface area contributed by atoms with Gasteiger partial charge in [0.2, 0.25) is 5.91 Å². The normalized spacial score (nSPS) is 21.7. The molecule has 2 aliphatic rings. The first-order chi connectivity index (χ1) is 8.71. The van der Waals surface area contributed by atoms with Crippen molar-refractivity contribution in [2.45, 2.75) is 44.1 Å². The number of nitrogens with zero attached hydrogens (tertiary/aromatic N) is 1. The number of carbonyl (C=O) groups is 1. The van der Waals surface area contributed by atoms with Crippen LogP contribution in [0, 0.1) is 0 Å². The topological polar surface area (TPSA) is 46.3 Å². The molecule has 0 bridgehead atoms. The van der Waals surface area contributed by atoms with Crippen molar-refractivity contribution >= 4 is 11.6 Å². The molecule has 0 aromatic heterocycles. The minimum absolute atomic E-state index is 0.132. The Morgan fingerprint density at radius 2 is 1.89 bits per heavy atom. The van der Waals surface area contributed by atoms with E-state index >= 15 is 0 Å². The van der Waals surface area contributed by atoms with E-state index in [-0.39, 0.29) is 5.91 Å². The maximum Gasteiger partial charge on any atom is 0.247 e. The Hall–Kier alpha value is -1.35. The van der Waals surface area contributed by atoms with Crippen LogP contribution in [0.4, 0.5) is 5.69 Å². The Kier molecular flexibility index (Phi) is 2.86. The molecule has 2 N–H and O–H groups in total. The minimum atomic E-state index is -0.615. The number of carbonyl (C=O) groups excluding carboxylic acids is 1. The minimum Gasteiger partial charge on any atom is -0.317 e. The fourth-order valence-electron chi connectivity index (χ4n) is 3.21. The number of nitrogens with two attached hydrogens (primary N) is 1. The van der Waals surface area contributed by atoms with Crippen LogP contribution in [-0.4, -0.2) is 18.0 Å². The van der Waals surface area contributed by atoms with E-state index in [4.69, 9.17) is 5.73 Å². The molecule has 96 valence electrons. The van der Waals surface area contributed by atoms with E-state index < -0.39 is 5.54 Å². The largest absolute Gasteiger partial charge is 0.317 e. The molecule has 1 saturated carbocycles. The second-order valence-corrected chi connectivity index (χ2v) is 5.55. The molecule has 1 aromatic carbocycles. The summed E-state index contributed by atoms with van der Waals surface area (Å²) in [5.41, 5.74) is 8.07. The first-order valence-electron chi connectivity index (χ1n) is 6.89. The molecular weight excluding hydrogens is 224 g/mol. The predicted octanol–water partition coefficient (Wildman–Crippen LogP) is 2.24. The number of anilines is 1. The lowest BCUT2D eigenvalue weighted by Gasteiger charge is -2.35. The summed E-state index contributed by atoms with van der Waals surface area (Å²) >= 11 is 0. The molecule has 0 radical (unpaired) electrons. The molecule has 3 heteroatoms. The van der Waals surface area contributed by atoms with Gasteiger partial charge in [0.05, 0.1) is 5.54 Å². The highest BCUT2D eigenvalue weighted by Gasteiger charge is 2.40. The van der Waals surface area contributed by atoms with E-state index in [0.717, 1.165) is 44.3 Å². The highest BCUT2D eigenvalue weighted by molar-refractivity contribution is 6.01. The van der Waals surface area contributed by atoms with Crippen LogP contribution in [0.5, 0.6) is 0 Å². The second kappa shape index (κ2) is 4.39. The molecule has 1 aliphatic heterocycles. The Labute approximate surface area is 108 Å². The summed E-state index contributed by atoms with van der Waals surface area (Å²) in [5.74, 6) is 0.132. The third-order valence-electron chi connectivity index (χ3n) is 4.30. The van der Waals surface area contributed by atoms with E-state index in [9.17, 15) is 4.79 Å². The van der Waals surface area contributed by atoms with Gasteiger partial charge >= 0.3 is 0 Å². The first-order valence-corrected chi connectivity index (χ1v) is 6.89. The summed E-state index contributed by atoms with van der Waals surface area (Å²) < 4.78 is 0. The maximum atomic E-state index is 12.7. The van der Waals surface area contributed by atoms with Crippen LogP contribution in [0.15, 0.2) is 24.3 Å². The van der Waals surface area contributed by atoms with Gasteiger partial charge in [-0.1, -0.05) is 37.5 Å². The Bertz CT molecular complexity index is 463. The van der Waals surface area contributed by atoms with Gasteiger partial charge in [0.1, 0.15) is 0 Å². The summed E-state index contributed by atoms with van der Waals surface area (Å²) in [6.45, 7) is 0.789. The molecule has 1 amide bonds. The molecule has 1 aromatic rings. The van der Waals surface area contributed by atoms with Crippen LogP contribution in [0.1, 0.15) is 37.7 Å². The van der Waals surface area contributed by atoms with Crippen molar-refractivity contribution in [1.82, 2.24) is 0 Å². The van der Waals surface area contributed by atoms with Crippen LogP contribution in [0.25, 0.3) is 0 Å². The standard InChI is InChI=1S/C15H20N2O/c16-15(9-4-1-5-10-15)14(18)17-11-8-12-6-2-3-7-13(12)17/h2-3,6-7H,1,4-5,8-11,16H2. The smallest absolute Gasteiger partial charge is 0.247 e. The van der Waals surface area contributed by atoms with Crippen molar-refractivity contribution in [3.05, 3.63) is 29.8 Å². The molecule has 0 spiro atoms. The zero-order valence-corrected chi connectivity index (χ0v) is 10.7. The quantitative estimate of drug-likeness (QED) is 0.823. The molecular formula is C15H20N2O. The number of fused-ring (bicyclic) bond motifs is 1.